The third kappa shape index (κ3) is 4.29. The zero-order chi connectivity index (χ0) is 13.7. The SMILES string of the molecule is Cc1nonc1CN1CCCC(CNCC(=O)O)C1. The molecule has 0 bridgehead atoms. The molecule has 0 aliphatic carbocycles. The Morgan fingerprint density at radius 3 is 3.11 bits per heavy atom. The van der Waals surface area contributed by atoms with Gasteiger partial charge in [0, 0.05) is 13.1 Å². The Labute approximate surface area is 111 Å². The van der Waals surface area contributed by atoms with Gasteiger partial charge in [0.1, 0.15) is 11.4 Å². The van der Waals surface area contributed by atoms with E-state index >= 15 is 0 Å². The highest BCUT2D eigenvalue weighted by Crippen LogP contribution is 2.18. The summed E-state index contributed by atoms with van der Waals surface area (Å²) >= 11 is 0. The largest absolute Gasteiger partial charge is 0.480 e. The Hall–Kier alpha value is -1.47. The number of carboxylic acids is 1. The zero-order valence-electron chi connectivity index (χ0n) is 11.1. The molecular weight excluding hydrogens is 248 g/mol. The summed E-state index contributed by atoms with van der Waals surface area (Å²) in [5, 5.41) is 19.2. The molecule has 7 nitrogen and oxygen atoms in total. The lowest BCUT2D eigenvalue weighted by Crippen LogP contribution is -2.40. The molecule has 1 fully saturated rings. The first-order valence-electron chi connectivity index (χ1n) is 6.58. The minimum absolute atomic E-state index is 0.0306. The smallest absolute Gasteiger partial charge is 0.317 e. The first-order chi connectivity index (χ1) is 9.15. The molecule has 1 saturated heterocycles. The monoisotopic (exact) mass is 268 g/mol. The summed E-state index contributed by atoms with van der Waals surface area (Å²) in [7, 11) is 0. The highest BCUT2D eigenvalue weighted by Gasteiger charge is 2.21. The summed E-state index contributed by atoms with van der Waals surface area (Å²) in [5.74, 6) is -0.315. The number of nitrogens with one attached hydrogen (secondary N) is 1. The Morgan fingerprint density at radius 1 is 1.58 bits per heavy atom. The van der Waals surface area contributed by atoms with Crippen LogP contribution in [0.1, 0.15) is 24.2 Å². The molecule has 1 aromatic rings. The maximum Gasteiger partial charge on any atom is 0.317 e. The highest BCUT2D eigenvalue weighted by molar-refractivity contribution is 5.68. The summed E-state index contributed by atoms with van der Waals surface area (Å²) in [6.07, 6.45) is 2.27. The van der Waals surface area contributed by atoms with E-state index in [1.54, 1.807) is 0 Å². The van der Waals surface area contributed by atoms with Crippen LogP contribution in [-0.4, -0.2) is 52.5 Å². The molecule has 19 heavy (non-hydrogen) atoms. The van der Waals surface area contributed by atoms with Crippen LogP contribution in [0.2, 0.25) is 0 Å². The molecule has 1 aliphatic heterocycles. The van der Waals surface area contributed by atoms with Gasteiger partial charge in [-0.3, -0.25) is 9.69 Å². The second-order valence-electron chi connectivity index (χ2n) is 5.06. The molecule has 0 spiro atoms. The summed E-state index contributed by atoms with van der Waals surface area (Å²) < 4.78 is 4.70. The molecule has 106 valence electrons. The van der Waals surface area contributed by atoms with Crippen molar-refractivity contribution in [1.82, 2.24) is 20.5 Å². The summed E-state index contributed by atoms with van der Waals surface area (Å²) in [6, 6.07) is 0. The van der Waals surface area contributed by atoms with Gasteiger partial charge in [0.15, 0.2) is 0 Å². The van der Waals surface area contributed by atoms with Gasteiger partial charge in [0.25, 0.3) is 0 Å². The fourth-order valence-electron chi connectivity index (χ4n) is 2.45. The van der Waals surface area contributed by atoms with Gasteiger partial charge in [-0.15, -0.1) is 0 Å². The number of rotatable bonds is 6. The first kappa shape index (κ1) is 14.0. The molecule has 2 heterocycles. The molecule has 7 heteroatoms. The van der Waals surface area contributed by atoms with E-state index in [-0.39, 0.29) is 6.54 Å². The first-order valence-corrected chi connectivity index (χ1v) is 6.58. The summed E-state index contributed by atoms with van der Waals surface area (Å²) in [5.41, 5.74) is 1.73. The number of carboxylic acid groups (broad SMARTS) is 1. The number of aromatic nitrogens is 2. The number of hydrogen-bond donors (Lipinski definition) is 2. The number of likely N-dealkylation sites (tertiary alicyclic amines) is 1. The van der Waals surface area contributed by atoms with Crippen LogP contribution in [0.4, 0.5) is 0 Å². The quantitative estimate of drug-likeness (QED) is 0.764. The van der Waals surface area contributed by atoms with Crippen molar-refractivity contribution in [2.75, 3.05) is 26.2 Å². The maximum atomic E-state index is 10.5. The third-order valence-electron chi connectivity index (χ3n) is 3.43. The number of aryl methyl sites for hydroxylation is 1. The standard InChI is InChI=1S/C12H20N4O3/c1-9-11(15-19-14-9)8-16-4-2-3-10(7-16)5-13-6-12(17)18/h10,13H,2-8H2,1H3,(H,17,18). The van der Waals surface area contributed by atoms with E-state index in [1.807, 2.05) is 6.92 Å². The van der Waals surface area contributed by atoms with Crippen LogP contribution in [0, 0.1) is 12.8 Å². The van der Waals surface area contributed by atoms with Gasteiger partial charge >= 0.3 is 5.97 Å². The van der Waals surface area contributed by atoms with Crippen molar-refractivity contribution < 1.29 is 14.5 Å². The van der Waals surface area contributed by atoms with Crippen LogP contribution in [0.5, 0.6) is 0 Å². The van der Waals surface area contributed by atoms with Gasteiger partial charge in [-0.25, -0.2) is 4.63 Å². The lowest BCUT2D eigenvalue weighted by Gasteiger charge is -2.32. The molecule has 1 unspecified atom stereocenters. The van der Waals surface area contributed by atoms with E-state index in [9.17, 15) is 4.79 Å². The molecule has 2 N–H and O–H groups in total. The van der Waals surface area contributed by atoms with Crippen molar-refractivity contribution in [3.63, 3.8) is 0 Å². The van der Waals surface area contributed by atoms with Crippen LogP contribution in [0.15, 0.2) is 4.63 Å². The van der Waals surface area contributed by atoms with E-state index in [0.717, 1.165) is 50.4 Å². The van der Waals surface area contributed by atoms with Gasteiger partial charge in [0.2, 0.25) is 0 Å². The lowest BCUT2D eigenvalue weighted by molar-refractivity contribution is -0.136. The molecule has 0 saturated carbocycles. The number of nitrogens with zero attached hydrogens (tertiary/aromatic N) is 3. The normalized spacial score (nSPS) is 20.6. The van der Waals surface area contributed by atoms with Gasteiger partial charge < -0.3 is 10.4 Å². The average Bonchev–Trinajstić information content (AvgIpc) is 2.75. The van der Waals surface area contributed by atoms with Gasteiger partial charge in [-0.1, -0.05) is 10.3 Å². The zero-order valence-corrected chi connectivity index (χ0v) is 11.1. The highest BCUT2D eigenvalue weighted by atomic mass is 16.6. The predicted octanol–water partition coefficient (Wildman–Crippen LogP) is 0.264. The van der Waals surface area contributed by atoms with Crippen molar-refractivity contribution in [1.29, 1.82) is 0 Å². The average molecular weight is 268 g/mol. The Morgan fingerprint density at radius 2 is 2.42 bits per heavy atom. The van der Waals surface area contributed by atoms with Crippen LogP contribution in [0.3, 0.4) is 0 Å². The number of carbonyl (C=O) groups is 1. The fraction of sp³-hybridized carbons (Fsp3) is 0.750. The molecule has 1 aliphatic rings. The van der Waals surface area contributed by atoms with Gasteiger partial charge in [0.05, 0.1) is 6.54 Å². The van der Waals surface area contributed by atoms with E-state index in [1.165, 1.54) is 0 Å². The van der Waals surface area contributed by atoms with Crippen molar-refractivity contribution in [2.24, 2.45) is 5.92 Å². The maximum absolute atomic E-state index is 10.5. The predicted molar refractivity (Wildman–Crippen MR) is 67.5 cm³/mol. The Bertz CT molecular complexity index is 421. The van der Waals surface area contributed by atoms with Gasteiger partial charge in [-0.2, -0.15) is 0 Å². The Balaban J connectivity index is 1.77. The second-order valence-corrected chi connectivity index (χ2v) is 5.06. The van der Waals surface area contributed by atoms with Crippen molar-refractivity contribution in [3.05, 3.63) is 11.4 Å². The van der Waals surface area contributed by atoms with Gasteiger partial charge in [-0.05, 0) is 38.8 Å². The number of piperidine rings is 1. The van der Waals surface area contributed by atoms with E-state index in [0.29, 0.717) is 5.92 Å². The molecular formula is C12H20N4O3. The molecule has 2 rings (SSSR count). The van der Waals surface area contributed by atoms with E-state index < -0.39 is 5.97 Å². The lowest BCUT2D eigenvalue weighted by atomic mass is 9.98. The van der Waals surface area contributed by atoms with Crippen molar-refractivity contribution >= 4 is 5.97 Å². The van der Waals surface area contributed by atoms with Crippen LogP contribution in [-0.2, 0) is 11.3 Å². The molecule has 1 aromatic heterocycles. The summed E-state index contributed by atoms with van der Waals surface area (Å²) in [4.78, 5) is 12.8. The van der Waals surface area contributed by atoms with E-state index in [2.05, 4.69) is 20.5 Å². The minimum atomic E-state index is -0.808. The van der Waals surface area contributed by atoms with Crippen LogP contribution >= 0.6 is 0 Å². The topological polar surface area (TPSA) is 91.5 Å². The third-order valence-corrected chi connectivity index (χ3v) is 3.43. The number of aliphatic carboxylic acids is 1. The summed E-state index contributed by atoms with van der Waals surface area (Å²) in [6.45, 7) is 5.43. The fourth-order valence-corrected chi connectivity index (χ4v) is 2.45. The van der Waals surface area contributed by atoms with Crippen LogP contribution in [0.25, 0.3) is 0 Å². The second kappa shape index (κ2) is 6.63. The van der Waals surface area contributed by atoms with Crippen molar-refractivity contribution in [3.8, 4) is 0 Å². The molecule has 0 radical (unpaired) electrons. The molecule has 0 aromatic carbocycles. The van der Waals surface area contributed by atoms with Crippen LogP contribution < -0.4 is 5.32 Å². The van der Waals surface area contributed by atoms with Crippen molar-refractivity contribution in [2.45, 2.75) is 26.3 Å². The molecule has 0 amide bonds. The minimum Gasteiger partial charge on any atom is -0.480 e. The Kier molecular flexibility index (Phi) is 4.86. The van der Waals surface area contributed by atoms with E-state index in [4.69, 9.17) is 9.74 Å². The number of hydrogen-bond acceptors (Lipinski definition) is 6. The molecule has 1 atom stereocenters.